The Morgan fingerprint density at radius 3 is 2.08 bits per heavy atom. The minimum absolute atomic E-state index is 0.118. The van der Waals surface area contributed by atoms with Gasteiger partial charge in [-0.2, -0.15) is 0 Å². The first-order valence-electron chi connectivity index (χ1n) is 16.5. The highest BCUT2D eigenvalue weighted by Gasteiger charge is 2.38. The second-order valence-corrected chi connectivity index (χ2v) is 12.0. The smallest absolute Gasteiger partial charge is 0.310 e. The fraction of sp³-hybridized carbons (Fsp3) is 0.342. The minimum Gasteiger partial charge on any atom is -0.497 e. The molecule has 10 heteroatoms. The summed E-state index contributed by atoms with van der Waals surface area (Å²) in [5, 5.41) is 12.1. The number of nitrogens with zero attached hydrogens (tertiary/aromatic N) is 3. The third kappa shape index (κ3) is 8.96. The Balaban J connectivity index is 1.21. The van der Waals surface area contributed by atoms with Crippen LogP contribution in [0.15, 0.2) is 85.2 Å². The number of carboxylic acids is 1. The number of rotatable bonds is 16. The van der Waals surface area contributed by atoms with Crippen molar-refractivity contribution in [1.29, 1.82) is 0 Å². The Kier molecular flexibility index (Phi) is 11.7. The van der Waals surface area contributed by atoms with Crippen LogP contribution in [0.2, 0.25) is 0 Å². The number of ether oxygens (including phenoxy) is 2. The largest absolute Gasteiger partial charge is 0.497 e. The Morgan fingerprint density at radius 1 is 0.833 bits per heavy atom. The van der Waals surface area contributed by atoms with E-state index >= 15 is 0 Å². The van der Waals surface area contributed by atoms with Crippen LogP contribution >= 0.6 is 0 Å². The predicted molar refractivity (Wildman–Crippen MR) is 183 cm³/mol. The zero-order chi connectivity index (χ0) is 33.9. The molecule has 0 radical (unpaired) electrons. The van der Waals surface area contributed by atoms with Gasteiger partial charge in [-0.3, -0.25) is 14.4 Å². The van der Waals surface area contributed by atoms with Gasteiger partial charge in [-0.15, -0.1) is 0 Å². The summed E-state index contributed by atoms with van der Waals surface area (Å²) < 4.78 is 11.1. The Bertz CT molecular complexity index is 1650. The van der Waals surface area contributed by atoms with Crippen molar-refractivity contribution in [2.45, 2.75) is 51.5 Å². The molecule has 0 saturated carbocycles. The molecule has 2 heterocycles. The minimum atomic E-state index is -0.935. The number of carboxylic acid groups (broad SMARTS) is 1. The van der Waals surface area contributed by atoms with Crippen LogP contribution in [-0.4, -0.2) is 70.6 Å². The van der Waals surface area contributed by atoms with Gasteiger partial charge < -0.3 is 24.8 Å². The number of unbranched alkanes of at least 4 members (excludes halogenated alkanes) is 4. The highest BCUT2D eigenvalue weighted by atomic mass is 16.5. The van der Waals surface area contributed by atoms with E-state index in [9.17, 15) is 19.5 Å². The lowest BCUT2D eigenvalue weighted by atomic mass is 9.96. The van der Waals surface area contributed by atoms with Crippen molar-refractivity contribution in [3.63, 3.8) is 0 Å². The number of carbonyl (C=O) groups excluding carboxylic acids is 2. The molecule has 2 amide bonds. The van der Waals surface area contributed by atoms with Crippen molar-refractivity contribution in [3.05, 3.63) is 96.3 Å². The van der Waals surface area contributed by atoms with Crippen LogP contribution in [0, 0.1) is 5.92 Å². The zero-order valence-electron chi connectivity index (χ0n) is 27.4. The van der Waals surface area contributed by atoms with E-state index in [2.05, 4.69) is 22.2 Å². The number of amides is 2. The molecule has 3 aromatic carbocycles. The van der Waals surface area contributed by atoms with Crippen molar-refractivity contribution in [2.24, 2.45) is 5.92 Å². The number of aromatic nitrogens is 2. The second-order valence-electron chi connectivity index (χ2n) is 12.0. The molecule has 48 heavy (non-hydrogen) atoms. The van der Waals surface area contributed by atoms with E-state index in [0.717, 1.165) is 41.0 Å². The predicted octanol–water partition coefficient (Wildman–Crippen LogP) is 6.05. The number of hydrogen-bond acceptors (Lipinski definition) is 7. The molecule has 1 atom stereocenters. The van der Waals surface area contributed by atoms with Gasteiger partial charge in [0.25, 0.3) is 5.91 Å². The van der Waals surface area contributed by atoms with Gasteiger partial charge in [0, 0.05) is 48.6 Å². The first-order valence-corrected chi connectivity index (χ1v) is 16.5. The molecule has 1 saturated heterocycles. The molecule has 0 spiro atoms. The highest BCUT2D eigenvalue weighted by Crippen LogP contribution is 2.24. The van der Waals surface area contributed by atoms with Crippen LogP contribution in [0.25, 0.3) is 22.5 Å². The summed E-state index contributed by atoms with van der Waals surface area (Å²) in [6, 6.07) is 21.2. The van der Waals surface area contributed by atoms with E-state index in [1.807, 2.05) is 48.5 Å². The number of carbonyl (C=O) groups is 3. The van der Waals surface area contributed by atoms with Gasteiger partial charge in [-0.1, -0.05) is 69.0 Å². The van der Waals surface area contributed by atoms with E-state index in [-0.39, 0.29) is 25.4 Å². The normalized spacial score (nSPS) is 13.3. The number of aliphatic carboxylic acids is 1. The molecule has 0 aliphatic carbocycles. The second kappa shape index (κ2) is 16.5. The summed E-state index contributed by atoms with van der Waals surface area (Å²) in [5.41, 5.74) is 3.91. The van der Waals surface area contributed by atoms with Gasteiger partial charge in [-0.05, 0) is 53.9 Å². The average Bonchev–Trinajstić information content (AvgIpc) is 3.09. The lowest BCUT2D eigenvalue weighted by Crippen LogP contribution is -2.59. The maximum Gasteiger partial charge on any atom is 0.310 e. The number of nitrogens with one attached hydrogen (secondary N) is 1. The topological polar surface area (TPSA) is 131 Å². The molecule has 1 aliphatic heterocycles. The summed E-state index contributed by atoms with van der Waals surface area (Å²) in [7, 11) is 1.54. The van der Waals surface area contributed by atoms with Crippen LogP contribution < -0.4 is 14.8 Å². The number of likely N-dealkylation sites (tertiary alicyclic amines) is 1. The molecule has 250 valence electrons. The first kappa shape index (κ1) is 34.1. The van der Waals surface area contributed by atoms with E-state index in [0.29, 0.717) is 17.1 Å². The van der Waals surface area contributed by atoms with Gasteiger partial charge in [0.1, 0.15) is 17.5 Å². The highest BCUT2D eigenvalue weighted by molar-refractivity contribution is 5.98. The first-order chi connectivity index (χ1) is 23.3. The number of benzene rings is 3. The summed E-state index contributed by atoms with van der Waals surface area (Å²) >= 11 is 0. The summed E-state index contributed by atoms with van der Waals surface area (Å²) in [5.74, 6) is -0.230. The molecule has 5 rings (SSSR count). The fourth-order valence-corrected chi connectivity index (χ4v) is 5.51. The summed E-state index contributed by atoms with van der Waals surface area (Å²) in [6.07, 6.45) is 9.83. The van der Waals surface area contributed by atoms with Crippen molar-refractivity contribution in [2.75, 3.05) is 26.8 Å². The number of hydrogen-bond donors (Lipinski definition) is 2. The molecule has 10 nitrogen and oxygen atoms in total. The van der Waals surface area contributed by atoms with E-state index < -0.39 is 23.8 Å². The van der Waals surface area contributed by atoms with Crippen molar-refractivity contribution in [1.82, 2.24) is 20.2 Å². The van der Waals surface area contributed by atoms with Gasteiger partial charge in [0.2, 0.25) is 5.91 Å². The molecule has 1 aliphatic rings. The quantitative estimate of drug-likeness (QED) is 0.140. The monoisotopic (exact) mass is 650 g/mol. The average molecular weight is 651 g/mol. The Morgan fingerprint density at radius 2 is 1.46 bits per heavy atom. The summed E-state index contributed by atoms with van der Waals surface area (Å²) in [6.45, 7) is 3.17. The van der Waals surface area contributed by atoms with Crippen LogP contribution in [0.1, 0.15) is 54.9 Å². The molecular weight excluding hydrogens is 608 g/mol. The van der Waals surface area contributed by atoms with Gasteiger partial charge in [0.05, 0.1) is 19.6 Å². The maximum absolute atomic E-state index is 13.4. The Hall–Kier alpha value is -5.25. The lowest BCUT2D eigenvalue weighted by molar-refractivity contribution is -0.153. The third-order valence-electron chi connectivity index (χ3n) is 8.51. The standard InChI is InChI=1S/C38H42N4O6/c1-3-4-5-6-7-20-48-33-18-12-27(13-19-33)30-22-39-35(40-23-30)28-10-8-26(9-11-28)21-34(37(44)42-24-31(25-42)38(45)46)41-36(43)29-14-16-32(47-2)17-15-29/h8-19,22-23,31,34H,3-7,20-21,24-25H2,1-2H3,(H,41,43)(H,45,46)/t34-/m0/s1. The Labute approximate surface area is 281 Å². The van der Waals surface area contributed by atoms with E-state index in [1.165, 1.54) is 30.6 Å². The van der Waals surface area contributed by atoms with Gasteiger partial charge in [-0.25, -0.2) is 9.97 Å². The molecule has 1 aromatic heterocycles. The van der Waals surface area contributed by atoms with Crippen molar-refractivity contribution < 1.29 is 29.0 Å². The van der Waals surface area contributed by atoms with E-state index in [4.69, 9.17) is 9.47 Å². The SMILES string of the molecule is CCCCCCCOc1ccc(-c2cnc(-c3ccc(C[C@H](NC(=O)c4ccc(OC)cc4)C(=O)N4CC(C(=O)O)C4)cc3)nc2)cc1. The molecular formula is C38H42N4O6. The molecule has 0 bridgehead atoms. The fourth-order valence-electron chi connectivity index (χ4n) is 5.51. The third-order valence-corrected chi connectivity index (χ3v) is 8.51. The van der Waals surface area contributed by atoms with Crippen LogP contribution in [-0.2, 0) is 16.0 Å². The maximum atomic E-state index is 13.4. The van der Waals surface area contributed by atoms with Gasteiger partial charge >= 0.3 is 5.97 Å². The summed E-state index contributed by atoms with van der Waals surface area (Å²) in [4.78, 5) is 48.4. The van der Waals surface area contributed by atoms with E-state index in [1.54, 1.807) is 43.8 Å². The lowest BCUT2D eigenvalue weighted by Gasteiger charge is -2.39. The molecule has 0 unspecified atom stereocenters. The van der Waals surface area contributed by atoms with Crippen LogP contribution in [0.4, 0.5) is 0 Å². The molecule has 4 aromatic rings. The van der Waals surface area contributed by atoms with Crippen LogP contribution in [0.5, 0.6) is 11.5 Å². The molecule has 2 N–H and O–H groups in total. The van der Waals surface area contributed by atoms with Gasteiger partial charge in [0.15, 0.2) is 5.82 Å². The van der Waals surface area contributed by atoms with Crippen molar-refractivity contribution >= 4 is 17.8 Å². The number of methoxy groups -OCH3 is 1. The molecule has 1 fully saturated rings. The zero-order valence-corrected chi connectivity index (χ0v) is 27.4. The van der Waals surface area contributed by atoms with Crippen LogP contribution in [0.3, 0.4) is 0 Å². The van der Waals surface area contributed by atoms with Crippen molar-refractivity contribution in [3.8, 4) is 34.0 Å².